The van der Waals surface area contributed by atoms with E-state index in [2.05, 4.69) is 24.1 Å². The fourth-order valence-electron chi connectivity index (χ4n) is 1.70. The first kappa shape index (κ1) is 12.9. The molecule has 90 valence electrons. The first-order chi connectivity index (χ1) is 7.63. The van der Waals surface area contributed by atoms with Gasteiger partial charge in [-0.1, -0.05) is 6.92 Å². The molecule has 0 radical (unpaired) electrons. The molecule has 0 amide bonds. The molecule has 16 heavy (non-hydrogen) atoms. The van der Waals surface area contributed by atoms with Crippen molar-refractivity contribution in [3.05, 3.63) is 28.4 Å². The Morgan fingerprint density at radius 3 is 2.94 bits per heavy atom. The molecule has 0 bridgehead atoms. The van der Waals surface area contributed by atoms with Crippen LogP contribution in [0.5, 0.6) is 0 Å². The molecule has 1 aromatic heterocycles. The molecule has 0 saturated carbocycles. The highest BCUT2D eigenvalue weighted by atomic mass is 16.1. The summed E-state index contributed by atoms with van der Waals surface area (Å²) in [5, 5.41) is 3.35. The maximum Gasteiger partial charge on any atom is 0.253 e. The minimum atomic E-state index is 0.0450. The molecule has 0 aliphatic heterocycles. The number of nitrogens with zero attached hydrogens (tertiary/aromatic N) is 2. The number of hydrogen-bond acceptors (Lipinski definition) is 3. The molecule has 1 atom stereocenters. The highest BCUT2D eigenvalue weighted by molar-refractivity contribution is 4.95. The van der Waals surface area contributed by atoms with Crippen molar-refractivity contribution in [3.63, 3.8) is 0 Å². The lowest BCUT2D eigenvalue weighted by Crippen LogP contribution is -2.26. The van der Waals surface area contributed by atoms with E-state index in [1.165, 1.54) is 0 Å². The normalized spacial score (nSPS) is 12.7. The molecule has 4 nitrogen and oxygen atoms in total. The van der Waals surface area contributed by atoms with E-state index in [-0.39, 0.29) is 5.56 Å². The van der Waals surface area contributed by atoms with Crippen LogP contribution in [0.3, 0.4) is 0 Å². The summed E-state index contributed by atoms with van der Waals surface area (Å²) in [6.45, 7) is 7.85. The maximum absolute atomic E-state index is 11.5. The van der Waals surface area contributed by atoms with Crippen molar-refractivity contribution in [2.24, 2.45) is 0 Å². The van der Waals surface area contributed by atoms with Gasteiger partial charge in [-0.05, 0) is 33.2 Å². The lowest BCUT2D eigenvalue weighted by atomic mass is 10.2. The van der Waals surface area contributed by atoms with E-state index in [1.54, 1.807) is 17.0 Å². The van der Waals surface area contributed by atoms with Crippen molar-refractivity contribution in [2.45, 2.75) is 46.2 Å². The van der Waals surface area contributed by atoms with Crippen LogP contribution in [0.15, 0.2) is 17.2 Å². The molecular formula is C12H21N3O. The Morgan fingerprint density at radius 2 is 2.31 bits per heavy atom. The smallest absolute Gasteiger partial charge is 0.253 e. The third kappa shape index (κ3) is 4.14. The van der Waals surface area contributed by atoms with Crippen molar-refractivity contribution >= 4 is 0 Å². The third-order valence-corrected chi connectivity index (χ3v) is 2.60. The van der Waals surface area contributed by atoms with Gasteiger partial charge in [0.05, 0.1) is 6.33 Å². The molecule has 0 spiro atoms. The van der Waals surface area contributed by atoms with Gasteiger partial charge in [-0.25, -0.2) is 4.98 Å². The first-order valence-corrected chi connectivity index (χ1v) is 5.90. The Hall–Kier alpha value is -1.16. The number of aromatic nitrogens is 2. The molecule has 1 heterocycles. The third-order valence-electron chi connectivity index (χ3n) is 2.60. The Balaban J connectivity index is 2.40. The predicted octanol–water partition coefficient (Wildman–Crippen LogP) is 1.33. The van der Waals surface area contributed by atoms with Crippen molar-refractivity contribution in [1.82, 2.24) is 14.9 Å². The molecule has 0 aromatic carbocycles. The summed E-state index contributed by atoms with van der Waals surface area (Å²) in [5.41, 5.74) is 0.825. The van der Waals surface area contributed by atoms with Gasteiger partial charge in [0, 0.05) is 24.3 Å². The predicted molar refractivity (Wildman–Crippen MR) is 65.6 cm³/mol. The van der Waals surface area contributed by atoms with E-state index >= 15 is 0 Å². The van der Waals surface area contributed by atoms with Gasteiger partial charge in [0.2, 0.25) is 0 Å². The number of nitrogens with one attached hydrogen (secondary N) is 1. The Labute approximate surface area is 96.7 Å². The van der Waals surface area contributed by atoms with E-state index in [0.29, 0.717) is 6.04 Å². The molecule has 0 fully saturated rings. The van der Waals surface area contributed by atoms with Gasteiger partial charge in [0.25, 0.3) is 5.56 Å². The van der Waals surface area contributed by atoms with E-state index in [0.717, 1.165) is 31.6 Å². The van der Waals surface area contributed by atoms with Crippen LogP contribution < -0.4 is 10.9 Å². The SMILES string of the molecule is CCNC(C)CCCn1cnc(C)cc1=O. The average molecular weight is 223 g/mol. The molecule has 4 heteroatoms. The van der Waals surface area contributed by atoms with Gasteiger partial charge in [0.15, 0.2) is 0 Å². The summed E-state index contributed by atoms with van der Waals surface area (Å²) in [6.07, 6.45) is 3.71. The van der Waals surface area contributed by atoms with Gasteiger partial charge in [-0.15, -0.1) is 0 Å². The van der Waals surface area contributed by atoms with Crippen LogP contribution in [0.4, 0.5) is 0 Å². The van der Waals surface area contributed by atoms with Crippen LogP contribution in [0.1, 0.15) is 32.4 Å². The Morgan fingerprint density at radius 1 is 1.56 bits per heavy atom. The van der Waals surface area contributed by atoms with Crippen LogP contribution in [-0.4, -0.2) is 22.1 Å². The summed E-state index contributed by atoms with van der Waals surface area (Å²) in [4.78, 5) is 15.7. The molecule has 0 aliphatic rings. The molecule has 1 rings (SSSR count). The fourth-order valence-corrected chi connectivity index (χ4v) is 1.70. The fraction of sp³-hybridized carbons (Fsp3) is 0.667. The van der Waals surface area contributed by atoms with Crippen molar-refractivity contribution < 1.29 is 0 Å². The summed E-state index contributed by atoms with van der Waals surface area (Å²) in [6, 6.07) is 2.09. The summed E-state index contributed by atoms with van der Waals surface area (Å²) in [5.74, 6) is 0. The average Bonchev–Trinajstić information content (AvgIpc) is 2.22. The van der Waals surface area contributed by atoms with Crippen molar-refractivity contribution in [2.75, 3.05) is 6.54 Å². The highest BCUT2D eigenvalue weighted by Gasteiger charge is 2.01. The second-order valence-electron chi connectivity index (χ2n) is 4.16. The van der Waals surface area contributed by atoms with Crippen molar-refractivity contribution in [1.29, 1.82) is 0 Å². The summed E-state index contributed by atoms with van der Waals surface area (Å²) in [7, 11) is 0. The van der Waals surface area contributed by atoms with Gasteiger partial charge < -0.3 is 5.32 Å². The van der Waals surface area contributed by atoms with Crippen LogP contribution in [-0.2, 0) is 6.54 Å². The Bertz CT molecular complexity index is 373. The Kier molecular flexibility index (Phi) is 5.19. The zero-order valence-corrected chi connectivity index (χ0v) is 10.4. The number of aryl methyl sites for hydroxylation is 2. The summed E-state index contributed by atoms with van der Waals surface area (Å²) >= 11 is 0. The van der Waals surface area contributed by atoms with Crippen LogP contribution >= 0.6 is 0 Å². The van der Waals surface area contributed by atoms with Gasteiger partial charge in [0.1, 0.15) is 0 Å². The largest absolute Gasteiger partial charge is 0.315 e. The van der Waals surface area contributed by atoms with Crippen molar-refractivity contribution in [3.8, 4) is 0 Å². The number of hydrogen-bond donors (Lipinski definition) is 1. The lowest BCUT2D eigenvalue weighted by Gasteiger charge is -2.12. The molecule has 0 aliphatic carbocycles. The maximum atomic E-state index is 11.5. The highest BCUT2D eigenvalue weighted by Crippen LogP contribution is 1.98. The molecule has 1 aromatic rings. The zero-order valence-electron chi connectivity index (χ0n) is 10.4. The summed E-state index contributed by atoms with van der Waals surface area (Å²) < 4.78 is 1.67. The first-order valence-electron chi connectivity index (χ1n) is 5.90. The van der Waals surface area contributed by atoms with Gasteiger partial charge in [-0.3, -0.25) is 9.36 Å². The minimum Gasteiger partial charge on any atom is -0.315 e. The van der Waals surface area contributed by atoms with E-state index in [9.17, 15) is 4.79 Å². The second-order valence-corrected chi connectivity index (χ2v) is 4.16. The lowest BCUT2D eigenvalue weighted by molar-refractivity contribution is 0.480. The standard InChI is InChI=1S/C12H21N3O/c1-4-13-10(2)6-5-7-15-9-14-11(3)8-12(15)16/h8-10,13H,4-7H2,1-3H3. The van der Waals surface area contributed by atoms with Crippen LogP contribution in [0.25, 0.3) is 0 Å². The van der Waals surface area contributed by atoms with Gasteiger partial charge >= 0.3 is 0 Å². The molecule has 1 N–H and O–H groups in total. The van der Waals surface area contributed by atoms with E-state index in [1.807, 2.05) is 6.92 Å². The minimum absolute atomic E-state index is 0.0450. The molecular weight excluding hydrogens is 202 g/mol. The van der Waals surface area contributed by atoms with E-state index < -0.39 is 0 Å². The topological polar surface area (TPSA) is 46.9 Å². The van der Waals surface area contributed by atoms with Crippen LogP contribution in [0.2, 0.25) is 0 Å². The quantitative estimate of drug-likeness (QED) is 0.791. The van der Waals surface area contributed by atoms with Gasteiger partial charge in [-0.2, -0.15) is 0 Å². The zero-order chi connectivity index (χ0) is 12.0. The van der Waals surface area contributed by atoms with E-state index in [4.69, 9.17) is 0 Å². The second kappa shape index (κ2) is 6.43. The molecule has 1 unspecified atom stereocenters. The van der Waals surface area contributed by atoms with Crippen LogP contribution in [0, 0.1) is 6.92 Å². The molecule has 0 saturated heterocycles. The monoisotopic (exact) mass is 223 g/mol. The number of rotatable bonds is 6.